The Labute approximate surface area is 124 Å². The first-order valence-corrected chi connectivity index (χ1v) is 7.18. The van der Waals surface area contributed by atoms with Crippen molar-refractivity contribution in [3.05, 3.63) is 47.5 Å². The van der Waals surface area contributed by atoms with E-state index < -0.39 is 0 Å². The zero-order valence-electron chi connectivity index (χ0n) is 12.6. The van der Waals surface area contributed by atoms with Crippen molar-refractivity contribution >= 4 is 11.5 Å². The number of aliphatic imine (C=N–C) groups is 2. The van der Waals surface area contributed by atoms with E-state index in [4.69, 9.17) is 0 Å². The number of hydrogen-bond acceptors (Lipinski definition) is 4. The molecule has 1 unspecified atom stereocenters. The van der Waals surface area contributed by atoms with Crippen molar-refractivity contribution in [1.82, 2.24) is 14.8 Å². The molecular formula is C16H19N5. The van der Waals surface area contributed by atoms with E-state index in [0.29, 0.717) is 0 Å². The van der Waals surface area contributed by atoms with Crippen LogP contribution in [-0.2, 0) is 6.42 Å². The van der Waals surface area contributed by atoms with Gasteiger partial charge in [0.05, 0.1) is 0 Å². The predicted octanol–water partition coefficient (Wildman–Crippen LogP) is 2.63. The van der Waals surface area contributed by atoms with Crippen molar-refractivity contribution in [2.45, 2.75) is 39.8 Å². The monoisotopic (exact) mass is 281 g/mol. The highest BCUT2D eigenvalue weighted by Gasteiger charge is 2.18. The molecule has 0 saturated heterocycles. The van der Waals surface area contributed by atoms with Gasteiger partial charge in [-0.3, -0.25) is 4.99 Å². The Morgan fingerprint density at radius 1 is 1.14 bits per heavy atom. The number of aryl methyl sites for hydroxylation is 1. The average Bonchev–Trinajstić information content (AvgIpc) is 2.80. The van der Waals surface area contributed by atoms with Crippen LogP contribution in [0.5, 0.6) is 0 Å². The maximum absolute atomic E-state index is 4.61. The third-order valence-electron chi connectivity index (χ3n) is 3.39. The Hall–Kier alpha value is -2.30. The van der Waals surface area contributed by atoms with Crippen molar-refractivity contribution in [3.63, 3.8) is 0 Å². The van der Waals surface area contributed by atoms with E-state index >= 15 is 0 Å². The van der Waals surface area contributed by atoms with Crippen LogP contribution in [-0.4, -0.2) is 32.5 Å². The largest absolute Gasteiger partial charge is 0.267 e. The van der Waals surface area contributed by atoms with Gasteiger partial charge in [-0.05, 0) is 26.3 Å². The Bertz CT molecular complexity index is 697. The summed E-state index contributed by atoms with van der Waals surface area (Å²) in [5, 5.41) is 4.52. The summed E-state index contributed by atoms with van der Waals surface area (Å²) in [7, 11) is 0. The zero-order chi connectivity index (χ0) is 14.8. The summed E-state index contributed by atoms with van der Waals surface area (Å²) < 4.78 is 1.89. The highest BCUT2D eigenvalue weighted by Crippen LogP contribution is 2.13. The second-order valence-electron chi connectivity index (χ2n) is 5.37. The first-order chi connectivity index (χ1) is 10.1. The van der Waals surface area contributed by atoms with Crippen LogP contribution in [0.25, 0.3) is 0 Å². The lowest BCUT2D eigenvalue weighted by Gasteiger charge is -2.16. The minimum Gasteiger partial charge on any atom is -0.267 e. The molecule has 1 atom stereocenters. The number of nitrogens with zero attached hydrogens (tertiary/aromatic N) is 5. The van der Waals surface area contributed by atoms with Gasteiger partial charge in [-0.2, -0.15) is 5.10 Å². The molecule has 21 heavy (non-hydrogen) atoms. The van der Waals surface area contributed by atoms with E-state index in [0.717, 1.165) is 36.0 Å². The summed E-state index contributed by atoms with van der Waals surface area (Å²) in [6.07, 6.45) is 1.45. The van der Waals surface area contributed by atoms with Crippen LogP contribution in [0.2, 0.25) is 0 Å². The molecule has 0 amide bonds. The van der Waals surface area contributed by atoms with Gasteiger partial charge in [0.25, 0.3) is 0 Å². The van der Waals surface area contributed by atoms with E-state index in [1.807, 2.05) is 43.7 Å². The molecule has 1 aromatic carbocycles. The van der Waals surface area contributed by atoms with Crippen LogP contribution in [0.15, 0.2) is 40.3 Å². The quantitative estimate of drug-likeness (QED) is 0.849. The molecule has 2 heterocycles. The van der Waals surface area contributed by atoms with Crippen LogP contribution in [0.4, 0.5) is 0 Å². The fourth-order valence-electron chi connectivity index (χ4n) is 2.57. The van der Waals surface area contributed by atoms with Crippen molar-refractivity contribution in [2.75, 3.05) is 0 Å². The first kappa shape index (κ1) is 13.7. The van der Waals surface area contributed by atoms with Crippen LogP contribution < -0.4 is 0 Å². The Kier molecular flexibility index (Phi) is 3.64. The standard InChI is InChI=1S/C16H19N5/c1-11-9-15(18-12(2)17-11)21-16(19-13(3)20-21)10-14-7-5-4-6-8-14/h4-8,12H,9-10H2,1-3H3. The Balaban J connectivity index is 1.93. The molecule has 0 bridgehead atoms. The first-order valence-electron chi connectivity index (χ1n) is 7.18. The van der Waals surface area contributed by atoms with Crippen LogP contribution in [0, 0.1) is 6.92 Å². The molecule has 2 aromatic rings. The van der Waals surface area contributed by atoms with Crippen LogP contribution >= 0.6 is 0 Å². The minimum absolute atomic E-state index is 0.0390. The summed E-state index contributed by atoms with van der Waals surface area (Å²) in [5.74, 6) is 2.64. The highest BCUT2D eigenvalue weighted by molar-refractivity contribution is 6.04. The highest BCUT2D eigenvalue weighted by atomic mass is 15.4. The number of rotatable bonds is 2. The molecule has 1 aliphatic rings. The lowest BCUT2D eigenvalue weighted by atomic mass is 10.1. The summed E-state index contributed by atoms with van der Waals surface area (Å²) >= 11 is 0. The van der Waals surface area contributed by atoms with Gasteiger partial charge in [-0.1, -0.05) is 30.3 Å². The normalized spacial score (nSPS) is 18.3. The summed E-state index contributed by atoms with van der Waals surface area (Å²) in [6, 6.07) is 10.3. The molecule has 3 rings (SSSR count). The summed E-state index contributed by atoms with van der Waals surface area (Å²) in [6.45, 7) is 5.94. The summed E-state index contributed by atoms with van der Waals surface area (Å²) in [5.41, 5.74) is 2.31. The third-order valence-corrected chi connectivity index (χ3v) is 3.39. The topological polar surface area (TPSA) is 55.4 Å². The Morgan fingerprint density at radius 2 is 1.90 bits per heavy atom. The van der Waals surface area contributed by atoms with Crippen molar-refractivity contribution in [2.24, 2.45) is 9.98 Å². The molecule has 0 fully saturated rings. The molecule has 5 heteroatoms. The number of benzene rings is 1. The van der Waals surface area contributed by atoms with Gasteiger partial charge in [0.15, 0.2) is 0 Å². The molecule has 0 N–H and O–H groups in total. The maximum atomic E-state index is 4.61. The smallest absolute Gasteiger partial charge is 0.148 e. The van der Waals surface area contributed by atoms with Crippen molar-refractivity contribution < 1.29 is 0 Å². The van der Waals surface area contributed by atoms with Gasteiger partial charge in [-0.15, -0.1) is 0 Å². The molecular weight excluding hydrogens is 262 g/mol. The van der Waals surface area contributed by atoms with Crippen molar-refractivity contribution in [3.8, 4) is 0 Å². The van der Waals surface area contributed by atoms with Gasteiger partial charge >= 0.3 is 0 Å². The van der Waals surface area contributed by atoms with Gasteiger partial charge in [0, 0.05) is 18.6 Å². The minimum atomic E-state index is -0.0390. The lowest BCUT2D eigenvalue weighted by molar-refractivity contribution is 0.741. The molecule has 0 radical (unpaired) electrons. The van der Waals surface area contributed by atoms with Crippen LogP contribution in [0.3, 0.4) is 0 Å². The second kappa shape index (κ2) is 5.60. The second-order valence-corrected chi connectivity index (χ2v) is 5.37. The van der Waals surface area contributed by atoms with Gasteiger partial charge in [-0.25, -0.2) is 14.7 Å². The fraction of sp³-hybridized carbons (Fsp3) is 0.375. The van der Waals surface area contributed by atoms with E-state index in [2.05, 4.69) is 32.2 Å². The molecule has 1 aliphatic heterocycles. The maximum Gasteiger partial charge on any atom is 0.148 e. The molecule has 0 spiro atoms. The fourth-order valence-corrected chi connectivity index (χ4v) is 2.57. The average molecular weight is 281 g/mol. The Morgan fingerprint density at radius 3 is 2.62 bits per heavy atom. The van der Waals surface area contributed by atoms with Gasteiger partial charge in [0.1, 0.15) is 23.7 Å². The number of hydrogen-bond donors (Lipinski definition) is 0. The predicted molar refractivity (Wildman–Crippen MR) is 84.0 cm³/mol. The van der Waals surface area contributed by atoms with Gasteiger partial charge < -0.3 is 0 Å². The van der Waals surface area contributed by atoms with Crippen molar-refractivity contribution in [1.29, 1.82) is 0 Å². The third kappa shape index (κ3) is 3.07. The molecule has 0 aliphatic carbocycles. The van der Waals surface area contributed by atoms with E-state index in [1.54, 1.807) is 0 Å². The summed E-state index contributed by atoms with van der Waals surface area (Å²) in [4.78, 5) is 13.6. The van der Waals surface area contributed by atoms with E-state index in [9.17, 15) is 0 Å². The number of aromatic nitrogens is 3. The molecule has 5 nitrogen and oxygen atoms in total. The molecule has 0 saturated carbocycles. The van der Waals surface area contributed by atoms with E-state index in [1.165, 1.54) is 5.56 Å². The SMILES string of the molecule is CC1=NC(C)N=C(n2nc(C)nc2Cc2ccccc2)C1. The molecule has 108 valence electrons. The van der Waals surface area contributed by atoms with E-state index in [-0.39, 0.29) is 6.17 Å². The zero-order valence-corrected chi connectivity index (χ0v) is 12.6. The molecule has 1 aromatic heterocycles. The van der Waals surface area contributed by atoms with Gasteiger partial charge in [0.2, 0.25) is 0 Å². The van der Waals surface area contributed by atoms with Crippen LogP contribution in [0.1, 0.15) is 37.5 Å². The lowest BCUT2D eigenvalue weighted by Crippen LogP contribution is -2.25.